The summed E-state index contributed by atoms with van der Waals surface area (Å²) in [7, 11) is 0. The summed E-state index contributed by atoms with van der Waals surface area (Å²) in [4.78, 5) is 31.7. The van der Waals surface area contributed by atoms with Crippen molar-refractivity contribution in [1.82, 2.24) is 9.97 Å². The third-order valence-corrected chi connectivity index (χ3v) is 4.72. The summed E-state index contributed by atoms with van der Waals surface area (Å²) >= 11 is 11.7. The van der Waals surface area contributed by atoms with Gasteiger partial charge in [0, 0.05) is 18.0 Å². The van der Waals surface area contributed by atoms with Crippen LogP contribution in [0.5, 0.6) is 5.75 Å². The number of ether oxygens (including phenoxy) is 1. The van der Waals surface area contributed by atoms with Crippen molar-refractivity contribution in [1.29, 1.82) is 0 Å². The molecule has 0 aliphatic rings. The topological polar surface area (TPSA) is 104 Å². The zero-order chi connectivity index (χ0) is 21.7. The van der Waals surface area contributed by atoms with Gasteiger partial charge in [-0.25, -0.2) is 4.39 Å². The number of nitrogens with one attached hydrogen (secondary N) is 2. The lowest BCUT2D eigenvalue weighted by Gasteiger charge is -2.16. The van der Waals surface area contributed by atoms with E-state index in [0.29, 0.717) is 5.69 Å². The fourth-order valence-corrected chi connectivity index (χ4v) is 2.96. The van der Waals surface area contributed by atoms with Crippen LogP contribution in [0.2, 0.25) is 5.02 Å². The Bertz CT molecular complexity index is 1060. The molecule has 1 unspecified atom stereocenters. The average Bonchev–Trinajstić information content (AvgIpc) is 3.24. The van der Waals surface area contributed by atoms with Gasteiger partial charge in [-0.2, -0.15) is 0 Å². The molecule has 0 bridgehead atoms. The summed E-state index contributed by atoms with van der Waals surface area (Å²) in [6, 6.07) is 7.14. The summed E-state index contributed by atoms with van der Waals surface area (Å²) in [5.74, 6) is -2.58. The zero-order valence-corrected chi connectivity index (χ0v) is 16.9. The summed E-state index contributed by atoms with van der Waals surface area (Å²) in [6.07, 6.45) is 3.46. The lowest BCUT2D eigenvalue weighted by molar-refractivity contribution is 0.102. The number of nitrogens with zero attached hydrogens (tertiary/aromatic N) is 1. The third kappa shape index (κ3) is 4.79. The third-order valence-electron chi connectivity index (χ3n) is 4.06. The number of aromatic nitrogens is 2. The van der Waals surface area contributed by atoms with Gasteiger partial charge in [-0.1, -0.05) is 11.6 Å². The highest BCUT2D eigenvalue weighted by Gasteiger charge is 2.24. The Morgan fingerprint density at radius 2 is 2.13 bits per heavy atom. The molecule has 0 saturated heterocycles. The Labute approximate surface area is 180 Å². The number of alkyl halides is 1. The summed E-state index contributed by atoms with van der Waals surface area (Å²) in [5.41, 5.74) is 0.175. The van der Waals surface area contributed by atoms with Crippen LogP contribution < -0.4 is 10.1 Å². The van der Waals surface area contributed by atoms with Gasteiger partial charge < -0.3 is 20.1 Å². The first kappa shape index (κ1) is 21.8. The van der Waals surface area contributed by atoms with E-state index < -0.39 is 35.8 Å². The molecule has 7 nitrogen and oxygen atoms in total. The van der Waals surface area contributed by atoms with Crippen LogP contribution in [-0.4, -0.2) is 45.4 Å². The first-order valence-corrected chi connectivity index (χ1v) is 9.61. The molecule has 0 aliphatic heterocycles. The van der Waals surface area contributed by atoms with E-state index in [-0.39, 0.29) is 27.9 Å². The smallest absolute Gasteiger partial charge is 0.272 e. The van der Waals surface area contributed by atoms with Crippen molar-refractivity contribution in [2.45, 2.75) is 6.10 Å². The van der Waals surface area contributed by atoms with Gasteiger partial charge in [0.05, 0.1) is 35.0 Å². The Morgan fingerprint density at radius 1 is 1.33 bits per heavy atom. The van der Waals surface area contributed by atoms with Crippen LogP contribution in [0, 0.1) is 5.82 Å². The number of pyridine rings is 1. The summed E-state index contributed by atoms with van der Waals surface area (Å²) < 4.78 is 20.2. The average molecular weight is 452 g/mol. The van der Waals surface area contributed by atoms with Gasteiger partial charge in [0.15, 0.2) is 17.3 Å². The maximum absolute atomic E-state index is 14.9. The standard InChI is InChI=1S/C20H16Cl2FN3O4/c21-7-13(10-27)30-16-4-3-14(22)17(18(16)23)19(28)11-6-15(25-8-11)20(29)26-12-2-1-5-24-9-12/h1-6,8-9,13,25,27H,7,10H2,(H,26,29). The van der Waals surface area contributed by atoms with E-state index in [1.165, 1.54) is 30.6 Å². The van der Waals surface area contributed by atoms with Gasteiger partial charge in [0.1, 0.15) is 11.8 Å². The van der Waals surface area contributed by atoms with E-state index in [2.05, 4.69) is 15.3 Å². The molecule has 3 aromatic rings. The van der Waals surface area contributed by atoms with Gasteiger partial charge in [-0.3, -0.25) is 14.6 Å². The molecule has 1 aromatic carbocycles. The highest BCUT2D eigenvalue weighted by atomic mass is 35.5. The normalized spacial score (nSPS) is 11.7. The van der Waals surface area contributed by atoms with Crippen molar-refractivity contribution < 1.29 is 23.8 Å². The Morgan fingerprint density at radius 3 is 2.80 bits per heavy atom. The molecule has 156 valence electrons. The fraction of sp³-hybridized carbons (Fsp3) is 0.150. The van der Waals surface area contributed by atoms with Crippen molar-refractivity contribution in [2.75, 3.05) is 17.8 Å². The van der Waals surface area contributed by atoms with Crippen molar-refractivity contribution in [3.8, 4) is 5.75 Å². The number of amides is 1. The van der Waals surface area contributed by atoms with Crippen molar-refractivity contribution >= 4 is 40.6 Å². The number of halogens is 3. The fourth-order valence-electron chi connectivity index (χ4n) is 2.57. The number of aliphatic hydroxyl groups excluding tert-OH is 1. The molecule has 2 heterocycles. The SMILES string of the molecule is O=C(Nc1cccnc1)c1cc(C(=O)c2c(Cl)ccc(OC(CO)CCl)c2F)c[nH]1. The molecular weight excluding hydrogens is 436 g/mol. The number of benzene rings is 1. The van der Waals surface area contributed by atoms with Gasteiger partial charge in [0.25, 0.3) is 5.91 Å². The lowest BCUT2D eigenvalue weighted by atomic mass is 10.0. The molecule has 0 saturated carbocycles. The van der Waals surface area contributed by atoms with Crippen LogP contribution in [0.1, 0.15) is 26.4 Å². The molecule has 3 rings (SSSR count). The Balaban J connectivity index is 1.84. The first-order valence-electron chi connectivity index (χ1n) is 8.70. The summed E-state index contributed by atoms with van der Waals surface area (Å²) in [6.45, 7) is -0.429. The summed E-state index contributed by atoms with van der Waals surface area (Å²) in [5, 5.41) is 11.7. The minimum absolute atomic E-state index is 0.0281. The monoisotopic (exact) mass is 451 g/mol. The number of anilines is 1. The molecule has 0 spiro atoms. The lowest BCUT2D eigenvalue weighted by Crippen LogP contribution is -2.23. The number of H-pyrrole nitrogens is 1. The first-order chi connectivity index (χ1) is 14.4. The van der Waals surface area contributed by atoms with Crippen LogP contribution in [0.3, 0.4) is 0 Å². The van der Waals surface area contributed by atoms with E-state index in [0.717, 1.165) is 0 Å². The van der Waals surface area contributed by atoms with Crippen LogP contribution in [0.25, 0.3) is 0 Å². The maximum Gasteiger partial charge on any atom is 0.272 e. The van der Waals surface area contributed by atoms with Crippen LogP contribution in [0.4, 0.5) is 10.1 Å². The number of hydrogen-bond donors (Lipinski definition) is 3. The minimum Gasteiger partial charge on any atom is -0.484 e. The van der Waals surface area contributed by atoms with E-state index >= 15 is 0 Å². The highest BCUT2D eigenvalue weighted by Crippen LogP contribution is 2.30. The molecule has 2 aromatic heterocycles. The number of hydrogen-bond acceptors (Lipinski definition) is 5. The van der Waals surface area contributed by atoms with Gasteiger partial charge >= 0.3 is 0 Å². The number of carbonyl (C=O) groups is 2. The van der Waals surface area contributed by atoms with Gasteiger partial charge in [0.2, 0.25) is 0 Å². The number of carbonyl (C=O) groups excluding carboxylic acids is 2. The molecule has 0 radical (unpaired) electrons. The second-order valence-electron chi connectivity index (χ2n) is 6.14. The van der Waals surface area contributed by atoms with E-state index in [1.54, 1.807) is 18.3 Å². The predicted octanol–water partition coefficient (Wildman–Crippen LogP) is 3.66. The molecule has 0 aliphatic carbocycles. The van der Waals surface area contributed by atoms with Crippen LogP contribution in [-0.2, 0) is 0 Å². The Hall–Kier alpha value is -2.94. The molecule has 0 fully saturated rings. The maximum atomic E-state index is 14.9. The molecule has 1 amide bonds. The van der Waals surface area contributed by atoms with Crippen LogP contribution >= 0.6 is 23.2 Å². The Kier molecular flexibility index (Phi) is 7.04. The van der Waals surface area contributed by atoms with Crippen molar-refractivity contribution in [3.63, 3.8) is 0 Å². The number of rotatable bonds is 8. The van der Waals surface area contributed by atoms with E-state index in [4.69, 9.17) is 27.9 Å². The van der Waals surface area contributed by atoms with Crippen molar-refractivity contribution in [2.24, 2.45) is 0 Å². The zero-order valence-electron chi connectivity index (χ0n) is 15.4. The van der Waals surface area contributed by atoms with Crippen molar-refractivity contribution in [3.05, 3.63) is 76.6 Å². The van der Waals surface area contributed by atoms with E-state index in [9.17, 15) is 19.1 Å². The number of aromatic amines is 1. The molecule has 30 heavy (non-hydrogen) atoms. The molecule has 3 N–H and O–H groups in total. The second-order valence-corrected chi connectivity index (χ2v) is 6.85. The predicted molar refractivity (Wildman–Crippen MR) is 110 cm³/mol. The van der Waals surface area contributed by atoms with Gasteiger partial charge in [-0.05, 0) is 30.3 Å². The molecule has 1 atom stereocenters. The quantitative estimate of drug-likeness (QED) is 0.358. The number of aliphatic hydroxyl groups is 1. The van der Waals surface area contributed by atoms with E-state index in [1.807, 2.05) is 0 Å². The largest absolute Gasteiger partial charge is 0.484 e. The molecule has 10 heteroatoms. The second kappa shape index (κ2) is 9.71. The molecular formula is C20H16Cl2FN3O4. The van der Waals surface area contributed by atoms with Crippen LogP contribution in [0.15, 0.2) is 48.9 Å². The minimum atomic E-state index is -0.987. The van der Waals surface area contributed by atoms with Gasteiger partial charge in [-0.15, -0.1) is 11.6 Å². The highest BCUT2D eigenvalue weighted by molar-refractivity contribution is 6.35. The number of ketones is 1.